The Labute approximate surface area is 373 Å². The highest BCUT2D eigenvalue weighted by Gasteiger charge is 2.21. The van der Waals surface area contributed by atoms with Crippen LogP contribution in [-0.4, -0.2) is 0 Å². The molecule has 0 saturated heterocycles. The second kappa shape index (κ2) is 15.9. The normalized spacial score (nSPS) is 11.6. The van der Waals surface area contributed by atoms with E-state index in [1.807, 2.05) is 0 Å². The van der Waals surface area contributed by atoms with Crippen molar-refractivity contribution in [1.82, 2.24) is 0 Å². The number of rotatable bonds is 8. The van der Waals surface area contributed by atoms with E-state index in [2.05, 4.69) is 249 Å². The maximum absolute atomic E-state index is 6.83. The third kappa shape index (κ3) is 6.76. The minimum atomic E-state index is 0.0117. The molecule has 0 spiro atoms. The van der Waals surface area contributed by atoms with Crippen molar-refractivity contribution in [3.05, 3.63) is 265 Å². The van der Waals surface area contributed by atoms with Crippen LogP contribution in [0.5, 0.6) is 0 Å². The van der Waals surface area contributed by atoms with Gasteiger partial charge < -0.3 is 4.42 Å². The standard InChI is InChI=1S/C63H42O/c1-3-13-42(14-4-1)51-19-11-21-53(39-51)44-25-31-48(32-26-44)60(49-33-27-45(28-34-49)54-22-12-20-52(40-54)43-15-5-2-6-16-43)50-35-29-47(30-36-50)58-41-55-18-8-10-24-57(55)62-61-56-23-9-7-17-46(56)37-38-59(61)64-63(58)62/h1-41,60H. The predicted molar refractivity (Wildman–Crippen MR) is 270 cm³/mol. The average Bonchev–Trinajstić information content (AvgIpc) is 3.78. The highest BCUT2D eigenvalue weighted by molar-refractivity contribution is 6.28. The first-order valence-electron chi connectivity index (χ1n) is 22.1. The lowest BCUT2D eigenvalue weighted by Crippen LogP contribution is -2.03. The number of hydrogen-bond donors (Lipinski definition) is 0. The molecule has 0 unspecified atom stereocenters. The molecule has 0 aliphatic heterocycles. The molecule has 11 aromatic carbocycles. The van der Waals surface area contributed by atoms with Gasteiger partial charge in [-0.15, -0.1) is 0 Å². The fourth-order valence-corrected chi connectivity index (χ4v) is 9.79. The molecule has 0 fully saturated rings. The van der Waals surface area contributed by atoms with Crippen molar-refractivity contribution >= 4 is 43.5 Å². The fourth-order valence-electron chi connectivity index (χ4n) is 9.79. The summed E-state index contributed by atoms with van der Waals surface area (Å²) in [6.45, 7) is 0. The topological polar surface area (TPSA) is 13.1 Å². The third-order valence-corrected chi connectivity index (χ3v) is 13.0. The molecule has 1 heteroatoms. The minimum Gasteiger partial charge on any atom is -0.455 e. The summed E-state index contributed by atoms with van der Waals surface area (Å²) in [4.78, 5) is 0. The van der Waals surface area contributed by atoms with Crippen LogP contribution >= 0.6 is 0 Å². The summed E-state index contributed by atoms with van der Waals surface area (Å²) in [5.41, 5.74) is 17.5. The predicted octanol–water partition coefficient (Wildman–Crippen LogP) is 17.4. The second-order valence-corrected chi connectivity index (χ2v) is 16.8. The first-order chi connectivity index (χ1) is 31.7. The van der Waals surface area contributed by atoms with E-state index in [0.717, 1.165) is 22.3 Å². The summed E-state index contributed by atoms with van der Waals surface area (Å²) in [6.07, 6.45) is 0. The summed E-state index contributed by atoms with van der Waals surface area (Å²) < 4.78 is 6.83. The molecule has 1 nitrogen and oxygen atoms in total. The largest absolute Gasteiger partial charge is 0.455 e. The molecule has 0 aliphatic carbocycles. The van der Waals surface area contributed by atoms with Crippen molar-refractivity contribution in [1.29, 1.82) is 0 Å². The number of furan rings is 1. The van der Waals surface area contributed by atoms with Gasteiger partial charge in [0.2, 0.25) is 0 Å². The zero-order chi connectivity index (χ0) is 42.4. The van der Waals surface area contributed by atoms with Gasteiger partial charge in [0.15, 0.2) is 0 Å². The Morgan fingerprint density at radius 3 is 1.19 bits per heavy atom. The Bertz CT molecular complexity index is 3490. The molecule has 12 aromatic rings. The van der Waals surface area contributed by atoms with Crippen LogP contribution in [0.4, 0.5) is 0 Å². The van der Waals surface area contributed by atoms with Gasteiger partial charge in [-0.05, 0) is 113 Å². The lowest BCUT2D eigenvalue weighted by atomic mass is 9.83. The molecule has 0 amide bonds. The van der Waals surface area contributed by atoms with E-state index in [0.29, 0.717) is 0 Å². The smallest absolute Gasteiger partial charge is 0.143 e. The van der Waals surface area contributed by atoms with Gasteiger partial charge in [0.25, 0.3) is 0 Å². The summed E-state index contributed by atoms with van der Waals surface area (Å²) >= 11 is 0. The Hall–Kier alpha value is -8.26. The van der Waals surface area contributed by atoms with E-state index in [4.69, 9.17) is 4.42 Å². The average molecular weight is 815 g/mol. The van der Waals surface area contributed by atoms with Gasteiger partial charge in [-0.1, -0.05) is 224 Å². The van der Waals surface area contributed by atoms with Crippen LogP contribution in [0.15, 0.2) is 253 Å². The van der Waals surface area contributed by atoms with Crippen LogP contribution in [0.1, 0.15) is 22.6 Å². The zero-order valence-electron chi connectivity index (χ0n) is 35.2. The molecule has 12 rings (SSSR count). The summed E-state index contributed by atoms with van der Waals surface area (Å²) in [5, 5.41) is 7.18. The van der Waals surface area contributed by atoms with Gasteiger partial charge in [0, 0.05) is 22.3 Å². The Morgan fingerprint density at radius 1 is 0.266 bits per heavy atom. The number of fused-ring (bicyclic) bond motifs is 7. The van der Waals surface area contributed by atoms with Gasteiger partial charge in [0.1, 0.15) is 11.2 Å². The third-order valence-electron chi connectivity index (χ3n) is 13.0. The molecule has 0 bridgehead atoms. The first kappa shape index (κ1) is 37.5. The lowest BCUT2D eigenvalue weighted by Gasteiger charge is -2.20. The molecule has 300 valence electrons. The van der Waals surface area contributed by atoms with E-state index < -0.39 is 0 Å². The van der Waals surface area contributed by atoms with Crippen LogP contribution < -0.4 is 0 Å². The SMILES string of the molecule is c1ccc(-c2cccc(-c3ccc(C(c4ccc(-c5cccc(-c6ccccc6)c5)cc4)c4ccc(-c5cc6ccccc6c6c5oc5ccc7ccccc7c56)cc4)cc3)c2)cc1. The van der Waals surface area contributed by atoms with Crippen molar-refractivity contribution in [3.63, 3.8) is 0 Å². The van der Waals surface area contributed by atoms with E-state index in [1.165, 1.54) is 93.5 Å². The minimum absolute atomic E-state index is 0.0117. The van der Waals surface area contributed by atoms with Crippen LogP contribution in [0.25, 0.3) is 99.1 Å². The van der Waals surface area contributed by atoms with Gasteiger partial charge in [0.05, 0.1) is 0 Å². The van der Waals surface area contributed by atoms with Gasteiger partial charge >= 0.3 is 0 Å². The fraction of sp³-hybridized carbons (Fsp3) is 0.0159. The molecule has 1 heterocycles. The van der Waals surface area contributed by atoms with Crippen LogP contribution in [-0.2, 0) is 0 Å². The first-order valence-corrected chi connectivity index (χ1v) is 22.1. The summed E-state index contributed by atoms with van der Waals surface area (Å²) in [6, 6.07) is 90.4. The lowest BCUT2D eigenvalue weighted by molar-refractivity contribution is 0.670. The summed E-state index contributed by atoms with van der Waals surface area (Å²) in [7, 11) is 0. The summed E-state index contributed by atoms with van der Waals surface area (Å²) in [5.74, 6) is 0.0117. The maximum Gasteiger partial charge on any atom is 0.143 e. The molecular weight excluding hydrogens is 773 g/mol. The van der Waals surface area contributed by atoms with Gasteiger partial charge in [-0.3, -0.25) is 0 Å². The quantitative estimate of drug-likeness (QED) is 0.139. The van der Waals surface area contributed by atoms with E-state index >= 15 is 0 Å². The molecule has 0 aliphatic rings. The van der Waals surface area contributed by atoms with Crippen LogP contribution in [0, 0.1) is 0 Å². The van der Waals surface area contributed by atoms with Crippen LogP contribution in [0.3, 0.4) is 0 Å². The van der Waals surface area contributed by atoms with Gasteiger partial charge in [-0.2, -0.15) is 0 Å². The van der Waals surface area contributed by atoms with Crippen molar-refractivity contribution in [3.8, 4) is 55.6 Å². The highest BCUT2D eigenvalue weighted by Crippen LogP contribution is 2.44. The number of hydrogen-bond acceptors (Lipinski definition) is 1. The molecule has 1 aromatic heterocycles. The monoisotopic (exact) mass is 814 g/mol. The van der Waals surface area contributed by atoms with Crippen molar-refractivity contribution in [2.75, 3.05) is 0 Å². The second-order valence-electron chi connectivity index (χ2n) is 16.8. The Morgan fingerprint density at radius 2 is 0.672 bits per heavy atom. The Balaban J connectivity index is 0.952. The Kier molecular flexibility index (Phi) is 9.31. The van der Waals surface area contributed by atoms with Crippen molar-refractivity contribution in [2.24, 2.45) is 0 Å². The highest BCUT2D eigenvalue weighted by atomic mass is 16.3. The molecular formula is C63H42O. The van der Waals surface area contributed by atoms with E-state index in [1.54, 1.807) is 0 Å². The molecule has 0 saturated carbocycles. The molecule has 0 atom stereocenters. The maximum atomic E-state index is 6.83. The van der Waals surface area contributed by atoms with Gasteiger partial charge in [-0.25, -0.2) is 0 Å². The number of benzene rings is 11. The zero-order valence-corrected chi connectivity index (χ0v) is 35.2. The molecule has 0 N–H and O–H groups in total. The van der Waals surface area contributed by atoms with E-state index in [-0.39, 0.29) is 5.92 Å². The molecule has 0 radical (unpaired) electrons. The molecule has 64 heavy (non-hydrogen) atoms. The van der Waals surface area contributed by atoms with Crippen molar-refractivity contribution < 1.29 is 4.42 Å². The van der Waals surface area contributed by atoms with Crippen molar-refractivity contribution in [2.45, 2.75) is 5.92 Å². The van der Waals surface area contributed by atoms with Crippen LogP contribution in [0.2, 0.25) is 0 Å². The van der Waals surface area contributed by atoms with E-state index in [9.17, 15) is 0 Å².